The van der Waals surface area contributed by atoms with Crippen molar-refractivity contribution >= 4 is 19.8 Å². The number of hydrogen-bond acceptors (Lipinski definition) is 8. The number of carbonyl (C=O) groups is 2. The van der Waals surface area contributed by atoms with E-state index in [0.29, 0.717) is 23.9 Å². The van der Waals surface area contributed by atoms with Crippen molar-refractivity contribution in [1.29, 1.82) is 0 Å². The van der Waals surface area contributed by atoms with Crippen LogP contribution in [-0.2, 0) is 32.7 Å². The first-order chi connectivity index (χ1) is 41.0. The fraction of sp³-hybridized carbons (Fsp3) is 0.568. The first-order valence-corrected chi connectivity index (χ1v) is 34.0. The minimum absolute atomic E-state index is 0.0482. The highest BCUT2D eigenvalue weighted by molar-refractivity contribution is 7.45. The van der Waals surface area contributed by atoms with Crippen LogP contribution in [0.15, 0.2) is 182 Å². The monoisotopic (exact) mass is 1180 g/mol. The first kappa shape index (κ1) is 79.1. The second-order valence-corrected chi connectivity index (χ2v) is 23.4. The molecule has 2 atom stereocenters. The molecule has 0 rings (SSSR count). The number of likely N-dealkylation sites (N-methyl/N-ethyl adjacent to an activating group) is 1. The van der Waals surface area contributed by atoms with Gasteiger partial charge in [0.25, 0.3) is 7.82 Å². The molecule has 0 aliphatic carbocycles. The van der Waals surface area contributed by atoms with Crippen LogP contribution in [0.1, 0.15) is 219 Å². The highest BCUT2D eigenvalue weighted by Gasteiger charge is 2.22. The zero-order valence-electron chi connectivity index (χ0n) is 53.5. The zero-order chi connectivity index (χ0) is 61.2. The van der Waals surface area contributed by atoms with E-state index in [1.807, 2.05) is 21.1 Å². The summed E-state index contributed by atoms with van der Waals surface area (Å²) in [4.78, 5) is 38.0. The van der Waals surface area contributed by atoms with Crippen LogP contribution in [0.4, 0.5) is 0 Å². The summed E-state index contributed by atoms with van der Waals surface area (Å²) in [5.41, 5.74) is 0. The molecule has 0 bridgehead atoms. The van der Waals surface area contributed by atoms with E-state index in [1.165, 1.54) is 32.1 Å². The van der Waals surface area contributed by atoms with Gasteiger partial charge in [-0.3, -0.25) is 14.2 Å². The van der Waals surface area contributed by atoms with Crippen LogP contribution in [0.25, 0.3) is 0 Å². The molecule has 0 N–H and O–H groups in total. The number of esters is 2. The molecule has 84 heavy (non-hydrogen) atoms. The average molecular weight is 1180 g/mol. The third kappa shape index (κ3) is 66.3. The lowest BCUT2D eigenvalue weighted by Gasteiger charge is -2.28. The summed E-state index contributed by atoms with van der Waals surface area (Å²) < 4.78 is 34.2. The molecule has 0 amide bonds. The predicted molar refractivity (Wildman–Crippen MR) is 359 cm³/mol. The molecule has 0 fully saturated rings. The van der Waals surface area contributed by atoms with Crippen LogP contribution in [0.5, 0.6) is 0 Å². The van der Waals surface area contributed by atoms with Crippen molar-refractivity contribution in [2.45, 2.75) is 225 Å². The van der Waals surface area contributed by atoms with E-state index in [1.54, 1.807) is 0 Å². The van der Waals surface area contributed by atoms with Gasteiger partial charge in [-0.05, 0) is 135 Å². The van der Waals surface area contributed by atoms with Gasteiger partial charge < -0.3 is 27.9 Å². The third-order valence-corrected chi connectivity index (χ3v) is 13.9. The van der Waals surface area contributed by atoms with Crippen molar-refractivity contribution in [3.63, 3.8) is 0 Å². The van der Waals surface area contributed by atoms with Crippen LogP contribution in [-0.4, -0.2) is 70.0 Å². The number of quaternary nitrogens is 1. The third-order valence-electron chi connectivity index (χ3n) is 12.9. The number of ether oxygens (including phenoxy) is 2. The Morgan fingerprint density at radius 3 is 0.952 bits per heavy atom. The number of allylic oxidation sites excluding steroid dienone is 30. The van der Waals surface area contributed by atoms with Crippen molar-refractivity contribution < 1.29 is 42.1 Å². The van der Waals surface area contributed by atoms with Crippen molar-refractivity contribution in [2.75, 3.05) is 47.5 Å². The average Bonchev–Trinajstić information content (AvgIpc) is 3.61. The van der Waals surface area contributed by atoms with Crippen molar-refractivity contribution in [3.05, 3.63) is 182 Å². The minimum Gasteiger partial charge on any atom is -0.756 e. The largest absolute Gasteiger partial charge is 0.756 e. The topological polar surface area (TPSA) is 111 Å². The van der Waals surface area contributed by atoms with Crippen molar-refractivity contribution in [2.24, 2.45) is 0 Å². The molecular weight excluding hydrogens is 1060 g/mol. The van der Waals surface area contributed by atoms with Gasteiger partial charge in [-0.25, -0.2) is 0 Å². The first-order valence-electron chi connectivity index (χ1n) is 32.5. The van der Waals surface area contributed by atoms with Crippen LogP contribution in [0.2, 0.25) is 0 Å². The Morgan fingerprint density at radius 2 is 0.643 bits per heavy atom. The summed E-state index contributed by atoms with van der Waals surface area (Å²) in [6, 6.07) is 0. The van der Waals surface area contributed by atoms with Crippen molar-refractivity contribution in [3.8, 4) is 0 Å². The van der Waals surface area contributed by atoms with E-state index in [-0.39, 0.29) is 26.1 Å². The maximum atomic E-state index is 12.8. The second-order valence-electron chi connectivity index (χ2n) is 22.0. The molecule has 10 heteroatoms. The van der Waals surface area contributed by atoms with Gasteiger partial charge in [0.2, 0.25) is 0 Å². The van der Waals surface area contributed by atoms with Gasteiger partial charge in [0, 0.05) is 12.8 Å². The Bertz CT molecular complexity index is 2070. The number of hydrogen-bond donors (Lipinski definition) is 0. The molecule has 0 saturated carbocycles. The van der Waals surface area contributed by atoms with Gasteiger partial charge in [0.05, 0.1) is 27.7 Å². The lowest BCUT2D eigenvalue weighted by molar-refractivity contribution is -0.870. The molecule has 0 aliphatic heterocycles. The quantitative estimate of drug-likeness (QED) is 0.0195. The Hall–Kier alpha value is -4.89. The minimum atomic E-state index is -4.66. The zero-order valence-corrected chi connectivity index (χ0v) is 54.4. The van der Waals surface area contributed by atoms with Gasteiger partial charge in [-0.2, -0.15) is 0 Å². The fourth-order valence-electron chi connectivity index (χ4n) is 8.00. The lowest BCUT2D eigenvalue weighted by Crippen LogP contribution is -2.37. The molecule has 2 unspecified atom stereocenters. The van der Waals surface area contributed by atoms with E-state index in [2.05, 4.69) is 196 Å². The van der Waals surface area contributed by atoms with Crippen LogP contribution < -0.4 is 4.89 Å². The van der Waals surface area contributed by atoms with E-state index in [4.69, 9.17) is 18.5 Å². The molecule has 0 aromatic heterocycles. The van der Waals surface area contributed by atoms with Gasteiger partial charge in [0.15, 0.2) is 6.10 Å². The Balaban J connectivity index is 4.25. The Labute approximate surface area is 514 Å². The van der Waals surface area contributed by atoms with Crippen LogP contribution in [0.3, 0.4) is 0 Å². The van der Waals surface area contributed by atoms with E-state index < -0.39 is 32.5 Å². The van der Waals surface area contributed by atoms with Crippen LogP contribution in [0, 0.1) is 0 Å². The predicted octanol–water partition coefficient (Wildman–Crippen LogP) is 20.5. The molecule has 9 nitrogen and oxygen atoms in total. The van der Waals surface area contributed by atoms with E-state index in [0.717, 1.165) is 148 Å². The van der Waals surface area contributed by atoms with E-state index in [9.17, 15) is 19.0 Å². The normalized spacial score (nSPS) is 14.4. The smallest absolute Gasteiger partial charge is 0.306 e. The maximum absolute atomic E-state index is 12.8. The molecule has 0 heterocycles. The molecular formula is C74H118NO8P. The van der Waals surface area contributed by atoms with Gasteiger partial charge in [-0.1, -0.05) is 254 Å². The Morgan fingerprint density at radius 1 is 0.369 bits per heavy atom. The maximum Gasteiger partial charge on any atom is 0.306 e. The summed E-state index contributed by atoms with van der Waals surface area (Å²) in [6.45, 7) is 3.95. The Kier molecular flexibility index (Phi) is 59.0. The molecule has 0 aliphatic rings. The van der Waals surface area contributed by atoms with Gasteiger partial charge in [-0.15, -0.1) is 0 Å². The van der Waals surface area contributed by atoms with Gasteiger partial charge in [0.1, 0.15) is 19.8 Å². The number of unbranched alkanes of at least 4 members (excludes halogenated alkanes) is 13. The fourth-order valence-corrected chi connectivity index (χ4v) is 8.73. The molecule has 0 aromatic rings. The molecule has 0 radical (unpaired) electrons. The molecule has 0 saturated heterocycles. The number of phosphoric acid groups is 1. The second kappa shape index (κ2) is 62.6. The summed E-state index contributed by atoms with van der Waals surface area (Å²) in [5.74, 6) is -0.885. The lowest BCUT2D eigenvalue weighted by atomic mass is 10.1. The summed E-state index contributed by atoms with van der Waals surface area (Å²) in [5, 5.41) is 0. The van der Waals surface area contributed by atoms with Crippen LogP contribution >= 0.6 is 7.82 Å². The van der Waals surface area contributed by atoms with E-state index >= 15 is 0 Å². The summed E-state index contributed by atoms with van der Waals surface area (Å²) in [7, 11) is 1.11. The number of phosphoric ester groups is 1. The number of nitrogens with zero attached hydrogens (tertiary/aromatic N) is 1. The summed E-state index contributed by atoms with van der Waals surface area (Å²) >= 11 is 0. The van der Waals surface area contributed by atoms with Crippen molar-refractivity contribution in [1.82, 2.24) is 0 Å². The molecule has 0 aromatic carbocycles. The highest BCUT2D eigenvalue weighted by Crippen LogP contribution is 2.38. The highest BCUT2D eigenvalue weighted by atomic mass is 31.2. The number of carbonyl (C=O) groups excluding carboxylic acids is 2. The molecule has 472 valence electrons. The van der Waals surface area contributed by atoms with Gasteiger partial charge >= 0.3 is 11.9 Å². The molecule has 0 spiro atoms. The SMILES string of the molecule is CC/C=C\C/C=C\C/C=C\C/C=C\C/C=C\C/C=C\C/C=C\C/C=C\CCCCCCC(=O)OC(COC(=O)CCCCCCCCCCC/C=C\C/C=C\C/C=C\C/C=C\C/C=C\C/C=C\C/C=C\CC)COP(=O)([O-])OCC[N+](C)(C)C. The number of rotatable bonds is 57. The standard InChI is InChI=1S/C74H118NO8P/c1-6-8-10-12-14-16-18-20-22-24-26-28-30-32-34-36-37-39-40-42-44-46-48-50-52-54-56-58-60-62-64-66-73(76)80-70-72(71-82-84(78,79)81-69-68-75(3,4)5)83-74(77)67-65-63-61-59-57-55-53-51-49-47-45-43-41-38-35-33-31-29-27-25-23-21-19-17-15-13-11-9-7-2/h8-11,14-17,20-23,26-29,32-35,37,39,41-44,47,49,53,55,72H,6-7,12-13,18-19,24-25,30-31,36,38,40,45-46,48,50-52,54,56-71H2,1-5H3/b10-8-,11-9-,16-14-,17-15-,22-20-,23-21-,28-26-,29-27-,34-32-,35-33-,39-37-,43-41-,44-42-,49-47-,55-53-. The summed E-state index contributed by atoms with van der Waals surface area (Å²) in [6.07, 6.45) is 96.6.